The molecular formula is C11H21NO4. The molecule has 0 aromatic rings. The average Bonchev–Trinajstić information content (AvgIpc) is 2.28. The van der Waals surface area contributed by atoms with Gasteiger partial charge in [-0.05, 0) is 19.9 Å². The highest BCUT2D eigenvalue weighted by molar-refractivity contribution is 5.87. The molecule has 0 rings (SSSR count). The average molecular weight is 231 g/mol. The number of nitrogens with two attached hydrogens (primary N) is 1. The zero-order chi connectivity index (χ0) is 12.2. The number of rotatable bonds is 10. The van der Waals surface area contributed by atoms with Crippen LogP contribution in [-0.4, -0.2) is 45.5 Å². The summed E-state index contributed by atoms with van der Waals surface area (Å²) >= 11 is 0. The van der Waals surface area contributed by atoms with E-state index in [2.05, 4.69) is 6.58 Å². The SMILES string of the molecule is C=C(COCCOCCCN)C(=O)OCC. The normalized spacial score (nSPS) is 10.1. The molecule has 0 radical (unpaired) electrons. The molecule has 0 saturated heterocycles. The molecule has 0 aromatic heterocycles. The van der Waals surface area contributed by atoms with Crippen molar-refractivity contribution in [1.29, 1.82) is 0 Å². The van der Waals surface area contributed by atoms with E-state index in [4.69, 9.17) is 19.9 Å². The maximum absolute atomic E-state index is 11.1. The first-order chi connectivity index (χ1) is 7.72. The Balaban J connectivity index is 3.31. The van der Waals surface area contributed by atoms with Crippen LogP contribution in [0.2, 0.25) is 0 Å². The monoisotopic (exact) mass is 231 g/mol. The summed E-state index contributed by atoms with van der Waals surface area (Å²) in [6, 6.07) is 0. The van der Waals surface area contributed by atoms with Crippen LogP contribution in [0.4, 0.5) is 0 Å². The van der Waals surface area contributed by atoms with Crippen molar-refractivity contribution in [2.75, 3.05) is 39.6 Å². The Morgan fingerprint density at radius 1 is 1.25 bits per heavy atom. The van der Waals surface area contributed by atoms with Crippen LogP contribution in [0.5, 0.6) is 0 Å². The minimum atomic E-state index is -0.411. The minimum Gasteiger partial charge on any atom is -0.463 e. The minimum absolute atomic E-state index is 0.180. The molecule has 0 spiro atoms. The highest BCUT2D eigenvalue weighted by Gasteiger charge is 2.06. The molecule has 0 saturated carbocycles. The van der Waals surface area contributed by atoms with E-state index < -0.39 is 5.97 Å². The fraction of sp³-hybridized carbons (Fsp3) is 0.727. The first-order valence-electron chi connectivity index (χ1n) is 5.42. The predicted octanol–water partition coefficient (Wildman–Crippen LogP) is 0.488. The van der Waals surface area contributed by atoms with Crippen molar-refractivity contribution in [3.8, 4) is 0 Å². The fourth-order valence-corrected chi connectivity index (χ4v) is 0.893. The molecule has 5 heteroatoms. The molecule has 0 aromatic carbocycles. The molecule has 0 atom stereocenters. The Bertz CT molecular complexity index is 206. The molecule has 0 heterocycles. The first-order valence-corrected chi connectivity index (χ1v) is 5.42. The lowest BCUT2D eigenvalue weighted by atomic mass is 10.3. The molecule has 0 unspecified atom stereocenters. The van der Waals surface area contributed by atoms with Gasteiger partial charge in [0.25, 0.3) is 0 Å². The quantitative estimate of drug-likeness (QED) is 0.336. The maximum atomic E-state index is 11.1. The third-order valence-electron chi connectivity index (χ3n) is 1.71. The van der Waals surface area contributed by atoms with Crippen LogP contribution in [0, 0.1) is 0 Å². The molecule has 2 N–H and O–H groups in total. The van der Waals surface area contributed by atoms with E-state index >= 15 is 0 Å². The summed E-state index contributed by atoms with van der Waals surface area (Å²) in [7, 11) is 0. The first kappa shape index (κ1) is 15.1. The Morgan fingerprint density at radius 2 is 1.94 bits per heavy atom. The van der Waals surface area contributed by atoms with Gasteiger partial charge in [-0.25, -0.2) is 4.79 Å². The molecule has 94 valence electrons. The second kappa shape index (κ2) is 10.6. The zero-order valence-electron chi connectivity index (χ0n) is 9.87. The number of esters is 1. The van der Waals surface area contributed by atoms with Crippen LogP contribution >= 0.6 is 0 Å². The van der Waals surface area contributed by atoms with E-state index in [1.807, 2.05) is 0 Å². The third kappa shape index (κ3) is 8.40. The summed E-state index contributed by atoms with van der Waals surface area (Å²) in [6.07, 6.45) is 0.843. The number of carbonyl (C=O) groups excluding carboxylic acids is 1. The van der Waals surface area contributed by atoms with Gasteiger partial charge in [-0.1, -0.05) is 6.58 Å². The van der Waals surface area contributed by atoms with Gasteiger partial charge in [0.2, 0.25) is 0 Å². The number of ether oxygens (including phenoxy) is 3. The second-order valence-corrected chi connectivity index (χ2v) is 3.13. The van der Waals surface area contributed by atoms with Crippen LogP contribution < -0.4 is 5.73 Å². The lowest BCUT2D eigenvalue weighted by Crippen LogP contribution is -2.14. The van der Waals surface area contributed by atoms with Gasteiger partial charge in [-0.2, -0.15) is 0 Å². The van der Waals surface area contributed by atoms with Gasteiger partial charge >= 0.3 is 5.97 Å². The summed E-state index contributed by atoms with van der Waals surface area (Å²) in [5.74, 6) is -0.411. The van der Waals surface area contributed by atoms with Gasteiger partial charge < -0.3 is 19.9 Å². The van der Waals surface area contributed by atoms with E-state index in [1.54, 1.807) is 6.92 Å². The molecule has 0 aliphatic heterocycles. The van der Waals surface area contributed by atoms with Crippen molar-refractivity contribution in [3.63, 3.8) is 0 Å². The van der Waals surface area contributed by atoms with Crippen LogP contribution in [0.25, 0.3) is 0 Å². The van der Waals surface area contributed by atoms with Crippen LogP contribution in [0.15, 0.2) is 12.2 Å². The lowest BCUT2D eigenvalue weighted by molar-refractivity contribution is -0.139. The topological polar surface area (TPSA) is 70.8 Å². The molecule has 16 heavy (non-hydrogen) atoms. The summed E-state index contributed by atoms with van der Waals surface area (Å²) in [5.41, 5.74) is 5.62. The van der Waals surface area contributed by atoms with Crippen molar-refractivity contribution in [2.24, 2.45) is 5.73 Å². The molecular weight excluding hydrogens is 210 g/mol. The highest BCUT2D eigenvalue weighted by atomic mass is 16.5. The van der Waals surface area contributed by atoms with Gasteiger partial charge in [0.1, 0.15) is 0 Å². The summed E-state index contributed by atoms with van der Waals surface area (Å²) < 4.78 is 15.1. The van der Waals surface area contributed by atoms with E-state index in [0.29, 0.717) is 38.5 Å². The van der Waals surface area contributed by atoms with E-state index in [-0.39, 0.29) is 6.61 Å². The largest absolute Gasteiger partial charge is 0.463 e. The fourth-order valence-electron chi connectivity index (χ4n) is 0.893. The number of carbonyl (C=O) groups is 1. The smallest absolute Gasteiger partial charge is 0.335 e. The van der Waals surface area contributed by atoms with Crippen molar-refractivity contribution >= 4 is 5.97 Å². The summed E-state index contributed by atoms with van der Waals surface area (Å²) in [6.45, 7) is 8.03. The second-order valence-electron chi connectivity index (χ2n) is 3.13. The molecule has 5 nitrogen and oxygen atoms in total. The highest BCUT2D eigenvalue weighted by Crippen LogP contribution is 1.95. The van der Waals surface area contributed by atoms with Crippen molar-refractivity contribution in [2.45, 2.75) is 13.3 Å². The summed E-state index contributed by atoms with van der Waals surface area (Å²) in [5, 5.41) is 0. The van der Waals surface area contributed by atoms with Crippen molar-refractivity contribution < 1.29 is 19.0 Å². The standard InChI is InChI=1S/C11H21NO4/c1-3-16-11(13)10(2)9-15-8-7-14-6-4-5-12/h2-9,12H2,1H3. The molecule has 0 bridgehead atoms. The van der Waals surface area contributed by atoms with Gasteiger partial charge in [0, 0.05) is 6.61 Å². The Labute approximate surface area is 96.5 Å². The molecule has 0 fully saturated rings. The van der Waals surface area contributed by atoms with Gasteiger partial charge in [-0.15, -0.1) is 0 Å². The Hall–Kier alpha value is -0.910. The van der Waals surface area contributed by atoms with Gasteiger partial charge in [-0.3, -0.25) is 0 Å². The Kier molecular flexibility index (Phi) is 10.00. The van der Waals surface area contributed by atoms with E-state index in [1.165, 1.54) is 0 Å². The van der Waals surface area contributed by atoms with Gasteiger partial charge in [0.15, 0.2) is 0 Å². The van der Waals surface area contributed by atoms with Crippen molar-refractivity contribution in [1.82, 2.24) is 0 Å². The number of hydrogen-bond donors (Lipinski definition) is 1. The van der Waals surface area contributed by atoms with Crippen LogP contribution in [0.3, 0.4) is 0 Å². The number of hydrogen-bond acceptors (Lipinski definition) is 5. The Morgan fingerprint density at radius 3 is 2.56 bits per heavy atom. The third-order valence-corrected chi connectivity index (χ3v) is 1.71. The van der Waals surface area contributed by atoms with E-state index in [0.717, 1.165) is 6.42 Å². The molecule has 0 aliphatic rings. The molecule has 0 amide bonds. The van der Waals surface area contributed by atoms with E-state index in [9.17, 15) is 4.79 Å². The lowest BCUT2D eigenvalue weighted by Gasteiger charge is -2.07. The predicted molar refractivity (Wildman–Crippen MR) is 61.1 cm³/mol. The molecule has 0 aliphatic carbocycles. The van der Waals surface area contributed by atoms with Crippen LogP contribution in [-0.2, 0) is 19.0 Å². The summed E-state index contributed by atoms with van der Waals surface area (Å²) in [4.78, 5) is 11.1. The maximum Gasteiger partial charge on any atom is 0.335 e. The van der Waals surface area contributed by atoms with Crippen LogP contribution in [0.1, 0.15) is 13.3 Å². The zero-order valence-corrected chi connectivity index (χ0v) is 9.87. The van der Waals surface area contributed by atoms with Crippen molar-refractivity contribution in [3.05, 3.63) is 12.2 Å². The van der Waals surface area contributed by atoms with Gasteiger partial charge in [0.05, 0.1) is 32.0 Å².